The molecule has 116 valence electrons. The lowest BCUT2D eigenvalue weighted by atomic mass is 10.0. The van der Waals surface area contributed by atoms with Crippen LogP contribution in [0, 0.1) is 6.92 Å². The molecule has 0 bridgehead atoms. The van der Waals surface area contributed by atoms with Crippen LogP contribution in [0.15, 0.2) is 48.6 Å². The van der Waals surface area contributed by atoms with Crippen molar-refractivity contribution in [3.05, 3.63) is 59.7 Å². The van der Waals surface area contributed by atoms with E-state index in [4.69, 9.17) is 5.11 Å². The molecule has 0 spiro atoms. The summed E-state index contributed by atoms with van der Waals surface area (Å²) < 4.78 is 0. The molecular formula is C20H30O. The molecule has 1 rings (SSSR count). The molecule has 0 saturated carbocycles. The maximum absolute atomic E-state index is 8.57. The van der Waals surface area contributed by atoms with E-state index in [0.717, 1.165) is 6.42 Å². The van der Waals surface area contributed by atoms with Gasteiger partial charge in [0.1, 0.15) is 0 Å². The highest BCUT2D eigenvalue weighted by atomic mass is 16.2. The van der Waals surface area contributed by atoms with Crippen LogP contribution in [0.1, 0.15) is 56.1 Å². The van der Waals surface area contributed by atoms with E-state index < -0.39 is 0 Å². The quantitative estimate of drug-likeness (QED) is 0.428. The van der Waals surface area contributed by atoms with Gasteiger partial charge in [-0.05, 0) is 38.2 Å². The smallest absolute Gasteiger partial charge is 0.0615 e. The second kappa shape index (κ2) is 12.4. The van der Waals surface area contributed by atoms with Crippen LogP contribution in [0.3, 0.4) is 0 Å². The average Bonchev–Trinajstić information content (AvgIpc) is 2.50. The molecule has 21 heavy (non-hydrogen) atoms. The highest BCUT2D eigenvalue weighted by Crippen LogP contribution is 2.11. The highest BCUT2D eigenvalue weighted by Gasteiger charge is 1.94. The van der Waals surface area contributed by atoms with E-state index in [-0.39, 0.29) is 6.61 Å². The van der Waals surface area contributed by atoms with Crippen LogP contribution in [0.2, 0.25) is 0 Å². The molecule has 1 nitrogen and oxygen atoms in total. The third-order valence-corrected chi connectivity index (χ3v) is 3.70. The Labute approximate surface area is 130 Å². The lowest BCUT2D eigenvalue weighted by Crippen LogP contribution is -1.86. The molecule has 0 amide bonds. The van der Waals surface area contributed by atoms with Gasteiger partial charge in [-0.2, -0.15) is 0 Å². The molecule has 0 heterocycles. The summed E-state index contributed by atoms with van der Waals surface area (Å²) in [6.07, 6.45) is 18.2. The van der Waals surface area contributed by atoms with Crippen molar-refractivity contribution in [1.29, 1.82) is 0 Å². The Morgan fingerprint density at radius 2 is 1.43 bits per heavy atom. The van der Waals surface area contributed by atoms with Gasteiger partial charge in [0.05, 0.1) is 6.61 Å². The van der Waals surface area contributed by atoms with Crippen LogP contribution in [-0.2, 0) is 6.42 Å². The minimum atomic E-state index is 0.132. The van der Waals surface area contributed by atoms with Gasteiger partial charge in [0.25, 0.3) is 0 Å². The lowest BCUT2D eigenvalue weighted by Gasteiger charge is -2.03. The van der Waals surface area contributed by atoms with E-state index in [1.54, 1.807) is 6.08 Å². The number of rotatable bonds is 11. The number of benzene rings is 1. The summed E-state index contributed by atoms with van der Waals surface area (Å²) in [6.45, 7) is 2.27. The first-order chi connectivity index (χ1) is 10.3. The summed E-state index contributed by atoms with van der Waals surface area (Å²) in [5.74, 6) is 0. The van der Waals surface area contributed by atoms with Crippen LogP contribution < -0.4 is 0 Å². The zero-order valence-electron chi connectivity index (χ0n) is 13.4. The topological polar surface area (TPSA) is 20.2 Å². The van der Waals surface area contributed by atoms with Crippen molar-refractivity contribution < 1.29 is 5.11 Å². The summed E-state index contributed by atoms with van der Waals surface area (Å²) in [5.41, 5.74) is 2.82. The van der Waals surface area contributed by atoms with Crippen molar-refractivity contribution in [2.75, 3.05) is 6.61 Å². The Morgan fingerprint density at radius 1 is 0.810 bits per heavy atom. The number of aliphatic hydroxyl groups excluding tert-OH is 1. The molecular weight excluding hydrogens is 256 g/mol. The molecule has 1 aromatic carbocycles. The van der Waals surface area contributed by atoms with Gasteiger partial charge in [-0.1, -0.05) is 79.8 Å². The van der Waals surface area contributed by atoms with Crippen LogP contribution in [0.5, 0.6) is 0 Å². The molecule has 0 aliphatic heterocycles. The second-order valence-electron chi connectivity index (χ2n) is 5.68. The van der Waals surface area contributed by atoms with Gasteiger partial charge in [0, 0.05) is 0 Å². The monoisotopic (exact) mass is 286 g/mol. The highest BCUT2D eigenvalue weighted by molar-refractivity contribution is 5.21. The molecule has 0 aliphatic rings. The van der Waals surface area contributed by atoms with Gasteiger partial charge in [-0.3, -0.25) is 0 Å². The summed E-state index contributed by atoms with van der Waals surface area (Å²) in [4.78, 5) is 0. The molecule has 0 radical (unpaired) electrons. The van der Waals surface area contributed by atoms with Crippen molar-refractivity contribution in [3.63, 3.8) is 0 Å². The largest absolute Gasteiger partial charge is 0.392 e. The van der Waals surface area contributed by atoms with Gasteiger partial charge in [-0.15, -0.1) is 0 Å². The maximum Gasteiger partial charge on any atom is 0.0615 e. The van der Waals surface area contributed by atoms with E-state index in [1.807, 2.05) is 12.2 Å². The summed E-state index contributed by atoms with van der Waals surface area (Å²) in [6, 6.07) is 8.93. The van der Waals surface area contributed by atoms with Crippen molar-refractivity contribution in [2.45, 2.75) is 58.3 Å². The van der Waals surface area contributed by atoms with Crippen molar-refractivity contribution >= 4 is 0 Å². The fourth-order valence-corrected chi connectivity index (χ4v) is 2.37. The number of aliphatic hydroxyl groups is 1. The third-order valence-electron chi connectivity index (χ3n) is 3.70. The third kappa shape index (κ3) is 10.1. The lowest BCUT2D eigenvalue weighted by molar-refractivity contribution is 0.343. The second-order valence-corrected chi connectivity index (χ2v) is 5.68. The number of hydrogen-bond donors (Lipinski definition) is 1. The van der Waals surface area contributed by atoms with E-state index in [1.165, 1.54) is 56.1 Å². The number of hydrogen-bond acceptors (Lipinski definition) is 1. The van der Waals surface area contributed by atoms with E-state index in [9.17, 15) is 0 Å². The van der Waals surface area contributed by atoms with Crippen LogP contribution in [-0.4, -0.2) is 11.7 Å². The SMILES string of the molecule is Cc1ccc(CCCCCCCC/C=C/C=C\CO)cc1. The first-order valence-corrected chi connectivity index (χ1v) is 8.31. The van der Waals surface area contributed by atoms with Gasteiger partial charge in [0.2, 0.25) is 0 Å². The molecule has 0 atom stereocenters. The number of unbranched alkanes of at least 4 members (excludes halogenated alkanes) is 6. The maximum atomic E-state index is 8.57. The van der Waals surface area contributed by atoms with Gasteiger partial charge in [-0.25, -0.2) is 0 Å². The van der Waals surface area contributed by atoms with Gasteiger partial charge >= 0.3 is 0 Å². The van der Waals surface area contributed by atoms with Crippen molar-refractivity contribution in [2.24, 2.45) is 0 Å². The standard InChI is InChI=1S/C20H30O/c1-19-14-16-20(17-15-19)13-11-9-7-5-3-2-4-6-8-10-12-18-21/h6,8,10,12,14-17,21H,2-5,7,9,11,13,18H2,1H3/b8-6+,12-10-. The van der Waals surface area contributed by atoms with Crippen LogP contribution in [0.25, 0.3) is 0 Å². The minimum absolute atomic E-state index is 0.132. The fourth-order valence-electron chi connectivity index (χ4n) is 2.37. The predicted octanol–water partition coefficient (Wildman–Crippen LogP) is 5.37. The zero-order chi connectivity index (χ0) is 15.2. The Kier molecular flexibility index (Phi) is 10.5. The predicted molar refractivity (Wildman–Crippen MR) is 92.6 cm³/mol. The Morgan fingerprint density at radius 3 is 2.14 bits per heavy atom. The average molecular weight is 286 g/mol. The molecule has 1 aromatic rings. The molecule has 0 aromatic heterocycles. The normalized spacial score (nSPS) is 11.7. The first kappa shape index (κ1) is 17.7. The number of allylic oxidation sites excluding steroid dienone is 3. The summed E-state index contributed by atoms with van der Waals surface area (Å²) in [5, 5.41) is 8.57. The zero-order valence-corrected chi connectivity index (χ0v) is 13.4. The van der Waals surface area contributed by atoms with Crippen LogP contribution >= 0.6 is 0 Å². The molecule has 0 aliphatic carbocycles. The molecule has 1 heteroatoms. The Bertz CT molecular complexity index is 400. The van der Waals surface area contributed by atoms with Crippen molar-refractivity contribution in [1.82, 2.24) is 0 Å². The van der Waals surface area contributed by atoms with E-state index in [0.29, 0.717) is 0 Å². The Hall–Kier alpha value is -1.34. The van der Waals surface area contributed by atoms with Gasteiger partial charge in [0.15, 0.2) is 0 Å². The molecule has 0 unspecified atom stereocenters. The van der Waals surface area contributed by atoms with Crippen LogP contribution in [0.4, 0.5) is 0 Å². The van der Waals surface area contributed by atoms with E-state index in [2.05, 4.69) is 37.3 Å². The Balaban J connectivity index is 1.90. The fraction of sp³-hybridized carbons (Fsp3) is 0.500. The summed E-state index contributed by atoms with van der Waals surface area (Å²) >= 11 is 0. The summed E-state index contributed by atoms with van der Waals surface area (Å²) in [7, 11) is 0. The first-order valence-electron chi connectivity index (χ1n) is 8.31. The minimum Gasteiger partial charge on any atom is -0.392 e. The van der Waals surface area contributed by atoms with Gasteiger partial charge < -0.3 is 5.11 Å². The van der Waals surface area contributed by atoms with E-state index >= 15 is 0 Å². The molecule has 1 N–H and O–H groups in total. The molecule has 0 saturated heterocycles. The van der Waals surface area contributed by atoms with Crippen molar-refractivity contribution in [3.8, 4) is 0 Å². The number of aryl methyl sites for hydroxylation is 2. The molecule has 0 fully saturated rings.